The molecule has 1 unspecified atom stereocenters. The number of nitrogens with zero attached hydrogens (tertiary/aromatic N) is 1. The molecule has 1 heterocycles. The summed E-state index contributed by atoms with van der Waals surface area (Å²) in [5.41, 5.74) is 0. The van der Waals surface area contributed by atoms with Crippen LogP contribution in [0.1, 0.15) is 12.8 Å². The summed E-state index contributed by atoms with van der Waals surface area (Å²) >= 11 is -2.16. The van der Waals surface area contributed by atoms with Gasteiger partial charge in [0.2, 0.25) is 0 Å². The first-order valence-electron chi connectivity index (χ1n) is 5.80. The van der Waals surface area contributed by atoms with Crippen LogP contribution in [0, 0.1) is 0 Å². The Hall–Kier alpha value is -0.313. The van der Waals surface area contributed by atoms with Crippen molar-refractivity contribution in [3.8, 4) is 5.75 Å². The van der Waals surface area contributed by atoms with Crippen LogP contribution < -0.4 is 23.6 Å². The van der Waals surface area contributed by atoms with Crippen LogP contribution in [0.3, 0.4) is 0 Å². The first kappa shape index (κ1) is 15.7. The average molecular weight is 261 g/mol. The molecule has 6 heteroatoms. The second kappa shape index (κ2) is 7.98. The van der Waals surface area contributed by atoms with Gasteiger partial charge in [-0.25, -0.2) is 0 Å². The van der Waals surface area contributed by atoms with E-state index in [2.05, 4.69) is 4.90 Å². The zero-order valence-corrected chi connectivity index (χ0v) is 11.4. The van der Waals surface area contributed by atoms with Crippen molar-refractivity contribution in [3.05, 3.63) is 24.3 Å². The van der Waals surface area contributed by atoms with Crippen molar-refractivity contribution in [1.29, 1.82) is 0 Å². The Bertz CT molecular complexity index is 379. The van der Waals surface area contributed by atoms with Gasteiger partial charge in [-0.05, 0) is 61.3 Å². The average Bonchev–Trinajstić information content (AvgIpc) is 2.83. The van der Waals surface area contributed by atoms with E-state index in [4.69, 9.17) is 4.74 Å². The summed E-state index contributed by atoms with van der Waals surface area (Å²) in [6.07, 6.45) is 2.56. The van der Waals surface area contributed by atoms with Crippen LogP contribution in [0.4, 0.5) is 0 Å². The molecule has 4 nitrogen and oxygen atoms in total. The molecule has 0 N–H and O–H groups in total. The van der Waals surface area contributed by atoms with Gasteiger partial charge in [0.15, 0.2) is 0 Å². The van der Waals surface area contributed by atoms with E-state index >= 15 is 0 Å². The largest absolute Gasteiger partial charge is 1.00 e. The molecule has 1 saturated heterocycles. The van der Waals surface area contributed by atoms with Crippen LogP contribution >= 0.6 is 0 Å². The topological polar surface area (TPSA) is 52.6 Å². The Morgan fingerprint density at radius 1 is 1.22 bits per heavy atom. The van der Waals surface area contributed by atoms with Crippen molar-refractivity contribution >= 4 is 11.1 Å². The van der Waals surface area contributed by atoms with Gasteiger partial charge in [0.05, 0.1) is 0 Å². The molecule has 1 aromatic carbocycles. The molecule has 0 amide bonds. The van der Waals surface area contributed by atoms with E-state index in [-0.39, 0.29) is 23.8 Å². The van der Waals surface area contributed by atoms with Gasteiger partial charge in [0.25, 0.3) is 0 Å². The Morgan fingerprint density at radius 2 is 1.83 bits per heavy atom. The summed E-state index contributed by atoms with van der Waals surface area (Å²) in [4.78, 5) is 2.66. The molecule has 18 heavy (non-hydrogen) atoms. The zero-order chi connectivity index (χ0) is 12.1. The second-order valence-corrected chi connectivity index (χ2v) is 5.04. The molecule has 1 fully saturated rings. The van der Waals surface area contributed by atoms with Gasteiger partial charge in [0, 0.05) is 11.4 Å². The fraction of sp³-hybridized carbons (Fsp3) is 0.500. The van der Waals surface area contributed by atoms with Crippen molar-refractivity contribution in [2.45, 2.75) is 17.7 Å². The molecule has 0 aromatic heterocycles. The van der Waals surface area contributed by atoms with Gasteiger partial charge in [0.1, 0.15) is 12.4 Å². The summed E-state index contributed by atoms with van der Waals surface area (Å²) in [5.74, 6) is 0.721. The van der Waals surface area contributed by atoms with E-state index in [0.29, 0.717) is 6.61 Å². The Kier molecular flexibility index (Phi) is 6.98. The van der Waals surface area contributed by atoms with Gasteiger partial charge in [-0.2, -0.15) is 0 Å². The summed E-state index contributed by atoms with van der Waals surface area (Å²) in [6, 6.07) is 6.48. The molecule has 0 saturated carbocycles. The molecular formula is C12H16LiNO3S. The van der Waals surface area contributed by atoms with Crippen molar-refractivity contribution < 1.29 is 32.4 Å². The summed E-state index contributed by atoms with van der Waals surface area (Å²) in [7, 11) is 0. The Labute approximate surface area is 122 Å². The monoisotopic (exact) mass is 261 g/mol. The normalized spacial score (nSPS) is 17.2. The fourth-order valence-corrected chi connectivity index (χ4v) is 2.30. The summed E-state index contributed by atoms with van der Waals surface area (Å²) in [5, 5.41) is 0. The molecule has 1 aromatic rings. The number of benzene rings is 1. The molecule has 2 rings (SSSR count). The van der Waals surface area contributed by atoms with E-state index in [0.717, 1.165) is 25.4 Å². The molecular weight excluding hydrogens is 245 g/mol. The minimum atomic E-state index is -2.16. The van der Waals surface area contributed by atoms with Gasteiger partial charge in [-0.15, -0.1) is 0 Å². The van der Waals surface area contributed by atoms with Crippen LogP contribution in [-0.2, 0) is 11.1 Å². The molecule has 0 bridgehead atoms. The summed E-state index contributed by atoms with van der Waals surface area (Å²) in [6.45, 7) is 3.92. The number of rotatable bonds is 5. The van der Waals surface area contributed by atoms with Crippen molar-refractivity contribution in [2.75, 3.05) is 26.2 Å². The standard InChI is InChI=1S/C12H17NO3S.Li/c14-17(15)12-5-3-11(4-6-12)16-10-9-13-7-1-2-8-13;/h3-6H,1-2,7-10H2,(H,14,15);/q;+1/p-1. The first-order valence-corrected chi connectivity index (χ1v) is 6.88. The van der Waals surface area contributed by atoms with E-state index in [1.54, 1.807) is 24.3 Å². The smallest absolute Gasteiger partial charge is 0.768 e. The number of ether oxygens (including phenoxy) is 1. The SMILES string of the molecule is O=S([O-])c1ccc(OCCN2CCCC2)cc1.[Li+]. The second-order valence-electron chi connectivity index (χ2n) is 4.10. The molecule has 1 aliphatic heterocycles. The van der Waals surface area contributed by atoms with Gasteiger partial charge in [-0.3, -0.25) is 9.11 Å². The maximum atomic E-state index is 10.7. The van der Waals surface area contributed by atoms with Gasteiger partial charge in [-0.1, -0.05) is 0 Å². The molecule has 0 aliphatic carbocycles. The maximum Gasteiger partial charge on any atom is 1.00 e. The number of hydrogen-bond donors (Lipinski definition) is 0. The predicted octanol–water partition coefficient (Wildman–Crippen LogP) is -1.60. The molecule has 0 spiro atoms. The van der Waals surface area contributed by atoms with E-state index in [9.17, 15) is 8.76 Å². The van der Waals surface area contributed by atoms with Crippen LogP contribution in [0.15, 0.2) is 29.2 Å². The Balaban J connectivity index is 0.00000162. The van der Waals surface area contributed by atoms with Crippen LogP contribution in [0.5, 0.6) is 5.75 Å². The molecule has 1 atom stereocenters. The fourth-order valence-electron chi connectivity index (χ4n) is 1.95. The van der Waals surface area contributed by atoms with Crippen LogP contribution in [-0.4, -0.2) is 39.9 Å². The maximum absolute atomic E-state index is 10.7. The van der Waals surface area contributed by atoms with Crippen LogP contribution in [0.2, 0.25) is 0 Å². The third kappa shape index (κ3) is 4.75. The van der Waals surface area contributed by atoms with Gasteiger partial charge >= 0.3 is 18.9 Å². The zero-order valence-electron chi connectivity index (χ0n) is 10.6. The molecule has 1 aliphatic rings. The summed E-state index contributed by atoms with van der Waals surface area (Å²) < 4.78 is 26.9. The number of hydrogen-bond acceptors (Lipinski definition) is 4. The Morgan fingerprint density at radius 3 is 2.39 bits per heavy atom. The minimum absolute atomic E-state index is 0. The quantitative estimate of drug-likeness (QED) is 0.473. The molecule has 0 radical (unpaired) electrons. The van der Waals surface area contributed by atoms with E-state index in [1.165, 1.54) is 12.8 Å². The van der Waals surface area contributed by atoms with E-state index in [1.807, 2.05) is 0 Å². The van der Waals surface area contributed by atoms with Crippen molar-refractivity contribution in [1.82, 2.24) is 4.90 Å². The van der Waals surface area contributed by atoms with Crippen molar-refractivity contribution in [3.63, 3.8) is 0 Å². The third-order valence-electron chi connectivity index (χ3n) is 2.89. The van der Waals surface area contributed by atoms with E-state index < -0.39 is 11.1 Å². The van der Waals surface area contributed by atoms with Crippen LogP contribution in [0.25, 0.3) is 0 Å². The minimum Gasteiger partial charge on any atom is -0.768 e. The number of likely N-dealkylation sites (tertiary alicyclic amines) is 1. The third-order valence-corrected chi connectivity index (χ3v) is 3.55. The van der Waals surface area contributed by atoms with Crippen molar-refractivity contribution in [2.24, 2.45) is 0 Å². The molecule has 94 valence electrons. The first-order chi connectivity index (χ1) is 8.25. The predicted molar refractivity (Wildman–Crippen MR) is 64.8 cm³/mol. The van der Waals surface area contributed by atoms with Gasteiger partial charge < -0.3 is 9.29 Å².